The summed E-state index contributed by atoms with van der Waals surface area (Å²) in [6.45, 7) is 8.95. The minimum Gasteiger partial charge on any atom is -0.398 e. The van der Waals surface area contributed by atoms with E-state index in [0.29, 0.717) is 29.7 Å². The summed E-state index contributed by atoms with van der Waals surface area (Å²) in [6, 6.07) is 1.78. The highest BCUT2D eigenvalue weighted by Crippen LogP contribution is 2.28. The van der Waals surface area contributed by atoms with Gasteiger partial charge in [0.1, 0.15) is 0 Å². The molecule has 0 aliphatic heterocycles. The number of aliphatic hydroxyl groups is 1. The third-order valence-corrected chi connectivity index (χ3v) is 5.93. The van der Waals surface area contributed by atoms with Crippen LogP contribution in [0, 0.1) is 20.8 Å². The van der Waals surface area contributed by atoms with Gasteiger partial charge < -0.3 is 10.8 Å². The van der Waals surface area contributed by atoms with Crippen LogP contribution < -0.4 is 10.5 Å². The van der Waals surface area contributed by atoms with Crippen molar-refractivity contribution in [3.63, 3.8) is 0 Å². The van der Waals surface area contributed by atoms with Crippen LogP contribution in [0.25, 0.3) is 0 Å². The van der Waals surface area contributed by atoms with Crippen molar-refractivity contribution in [2.75, 3.05) is 12.3 Å². The van der Waals surface area contributed by atoms with Crippen LogP contribution in [0.3, 0.4) is 0 Å². The number of nitrogen functional groups attached to an aromatic ring is 1. The van der Waals surface area contributed by atoms with Crippen molar-refractivity contribution >= 4 is 15.7 Å². The molecule has 0 saturated carbocycles. The molecule has 0 aromatic heterocycles. The fourth-order valence-electron chi connectivity index (χ4n) is 2.25. The zero-order valence-electron chi connectivity index (χ0n) is 13.4. The molecule has 1 rings (SSSR count). The van der Waals surface area contributed by atoms with Gasteiger partial charge in [-0.1, -0.05) is 13.8 Å². The second kappa shape index (κ2) is 6.34. The summed E-state index contributed by atoms with van der Waals surface area (Å²) < 4.78 is 27.7. The molecule has 120 valence electrons. The van der Waals surface area contributed by atoms with E-state index < -0.39 is 15.6 Å². The van der Waals surface area contributed by atoms with Gasteiger partial charge in [-0.3, -0.25) is 0 Å². The molecule has 0 bridgehead atoms. The number of nitrogens with two attached hydrogens (primary N) is 1. The Kier molecular flexibility index (Phi) is 5.41. The first kappa shape index (κ1) is 17.9. The molecule has 0 aliphatic carbocycles. The maximum Gasteiger partial charge on any atom is 0.241 e. The Bertz CT molecular complexity index is 594. The quantitative estimate of drug-likeness (QED) is 0.700. The molecule has 0 atom stereocenters. The predicted octanol–water partition coefficient (Wildman–Crippen LogP) is 2.02. The molecule has 0 saturated heterocycles. The number of nitrogens with one attached hydrogen (secondary N) is 1. The van der Waals surface area contributed by atoms with Crippen LogP contribution in [-0.4, -0.2) is 25.7 Å². The molecule has 1 aromatic rings. The Hall–Kier alpha value is -1.11. The van der Waals surface area contributed by atoms with Crippen molar-refractivity contribution in [3.8, 4) is 0 Å². The van der Waals surface area contributed by atoms with Gasteiger partial charge in [0.25, 0.3) is 0 Å². The van der Waals surface area contributed by atoms with Gasteiger partial charge >= 0.3 is 0 Å². The molecule has 0 unspecified atom stereocenters. The Balaban J connectivity index is 3.21. The highest BCUT2D eigenvalue weighted by atomic mass is 32.2. The van der Waals surface area contributed by atoms with Gasteiger partial charge in [-0.2, -0.15) is 0 Å². The van der Waals surface area contributed by atoms with Crippen molar-refractivity contribution in [1.29, 1.82) is 0 Å². The molecule has 21 heavy (non-hydrogen) atoms. The van der Waals surface area contributed by atoms with E-state index in [4.69, 9.17) is 5.73 Å². The molecular formula is C15H26N2O3S. The normalized spacial score (nSPS) is 12.7. The van der Waals surface area contributed by atoms with Gasteiger partial charge in [-0.05, 0) is 56.4 Å². The Morgan fingerprint density at radius 1 is 1.19 bits per heavy atom. The average Bonchev–Trinajstić information content (AvgIpc) is 2.43. The van der Waals surface area contributed by atoms with Gasteiger partial charge in [0, 0.05) is 12.2 Å². The molecule has 5 nitrogen and oxygen atoms in total. The van der Waals surface area contributed by atoms with Gasteiger partial charge in [0.05, 0.1) is 10.5 Å². The topological polar surface area (TPSA) is 92.4 Å². The van der Waals surface area contributed by atoms with Crippen molar-refractivity contribution in [2.24, 2.45) is 0 Å². The second-order valence-corrected chi connectivity index (χ2v) is 7.32. The first-order valence-corrected chi connectivity index (χ1v) is 8.64. The van der Waals surface area contributed by atoms with Crippen molar-refractivity contribution in [2.45, 2.75) is 58.0 Å². The van der Waals surface area contributed by atoms with Crippen molar-refractivity contribution in [1.82, 2.24) is 4.72 Å². The number of benzene rings is 1. The number of hydrogen-bond donors (Lipinski definition) is 3. The molecule has 6 heteroatoms. The Morgan fingerprint density at radius 2 is 1.71 bits per heavy atom. The standard InChI is InChI=1S/C15H26N2O3S/c1-6-15(18,7-2)9-17-21(19,20)14-11(4)10(3)8-13(16)12(14)5/h8,17-18H,6-7,9,16H2,1-5H3. The lowest BCUT2D eigenvalue weighted by Gasteiger charge is -2.26. The lowest BCUT2D eigenvalue weighted by molar-refractivity contribution is 0.0377. The molecule has 1 aromatic carbocycles. The van der Waals surface area contributed by atoms with Crippen LogP contribution in [0.1, 0.15) is 43.4 Å². The summed E-state index contributed by atoms with van der Waals surface area (Å²) >= 11 is 0. The van der Waals surface area contributed by atoms with Crippen molar-refractivity contribution < 1.29 is 13.5 Å². The first-order chi connectivity index (χ1) is 9.58. The van der Waals surface area contributed by atoms with Crippen LogP contribution in [0.2, 0.25) is 0 Å². The number of hydrogen-bond acceptors (Lipinski definition) is 4. The summed E-state index contributed by atoms with van der Waals surface area (Å²) in [5.74, 6) is 0. The van der Waals surface area contributed by atoms with E-state index >= 15 is 0 Å². The number of sulfonamides is 1. The monoisotopic (exact) mass is 314 g/mol. The molecule has 0 amide bonds. The fraction of sp³-hybridized carbons (Fsp3) is 0.600. The molecule has 0 radical (unpaired) electrons. The van der Waals surface area contributed by atoms with E-state index in [-0.39, 0.29) is 11.4 Å². The Morgan fingerprint density at radius 3 is 2.19 bits per heavy atom. The lowest BCUT2D eigenvalue weighted by Crippen LogP contribution is -2.42. The van der Waals surface area contributed by atoms with Gasteiger partial charge in [-0.15, -0.1) is 0 Å². The zero-order valence-corrected chi connectivity index (χ0v) is 14.3. The van der Waals surface area contributed by atoms with Gasteiger partial charge in [0.2, 0.25) is 10.0 Å². The van der Waals surface area contributed by atoms with E-state index in [9.17, 15) is 13.5 Å². The molecule has 0 fully saturated rings. The predicted molar refractivity (Wildman–Crippen MR) is 85.8 cm³/mol. The summed E-state index contributed by atoms with van der Waals surface area (Å²) in [5, 5.41) is 10.2. The van der Waals surface area contributed by atoms with E-state index in [1.54, 1.807) is 19.9 Å². The van der Waals surface area contributed by atoms with E-state index in [0.717, 1.165) is 5.56 Å². The zero-order chi connectivity index (χ0) is 16.4. The third-order valence-electron chi connectivity index (χ3n) is 4.25. The van der Waals surface area contributed by atoms with Crippen LogP contribution >= 0.6 is 0 Å². The molecule has 0 aliphatic rings. The molecule has 0 heterocycles. The summed E-state index contributed by atoms with van der Waals surface area (Å²) in [5.41, 5.74) is 7.38. The van der Waals surface area contributed by atoms with Crippen LogP contribution in [0.5, 0.6) is 0 Å². The maximum absolute atomic E-state index is 12.6. The SMILES string of the molecule is CCC(O)(CC)CNS(=O)(=O)c1c(C)c(C)cc(N)c1C. The smallest absolute Gasteiger partial charge is 0.241 e. The molecule has 4 N–H and O–H groups in total. The fourth-order valence-corrected chi connectivity index (χ4v) is 3.93. The van der Waals surface area contributed by atoms with Crippen LogP contribution in [-0.2, 0) is 10.0 Å². The van der Waals surface area contributed by atoms with E-state index in [1.807, 2.05) is 20.8 Å². The van der Waals surface area contributed by atoms with Crippen LogP contribution in [0.15, 0.2) is 11.0 Å². The maximum atomic E-state index is 12.6. The lowest BCUT2D eigenvalue weighted by atomic mass is 9.98. The molecule has 0 spiro atoms. The highest BCUT2D eigenvalue weighted by molar-refractivity contribution is 7.89. The van der Waals surface area contributed by atoms with Gasteiger partial charge in [-0.25, -0.2) is 13.1 Å². The number of aryl methyl sites for hydroxylation is 1. The van der Waals surface area contributed by atoms with E-state index in [2.05, 4.69) is 4.72 Å². The average molecular weight is 314 g/mol. The number of anilines is 1. The van der Waals surface area contributed by atoms with Gasteiger partial charge in [0.15, 0.2) is 0 Å². The number of rotatable bonds is 6. The first-order valence-electron chi connectivity index (χ1n) is 7.16. The van der Waals surface area contributed by atoms with E-state index in [1.165, 1.54) is 0 Å². The Labute approximate surface area is 127 Å². The summed E-state index contributed by atoms with van der Waals surface area (Å²) in [7, 11) is -3.71. The summed E-state index contributed by atoms with van der Waals surface area (Å²) in [4.78, 5) is 0.217. The second-order valence-electron chi connectivity index (χ2n) is 5.62. The van der Waals surface area contributed by atoms with Crippen LogP contribution in [0.4, 0.5) is 5.69 Å². The largest absolute Gasteiger partial charge is 0.398 e. The highest BCUT2D eigenvalue weighted by Gasteiger charge is 2.28. The molecular weight excluding hydrogens is 288 g/mol. The van der Waals surface area contributed by atoms with Crippen molar-refractivity contribution in [3.05, 3.63) is 22.8 Å². The third kappa shape index (κ3) is 3.75. The minimum absolute atomic E-state index is 0.00490. The minimum atomic E-state index is -3.71. The summed E-state index contributed by atoms with van der Waals surface area (Å²) in [6.07, 6.45) is 0.972.